The van der Waals surface area contributed by atoms with Gasteiger partial charge in [0.15, 0.2) is 11.5 Å². The van der Waals surface area contributed by atoms with Crippen LogP contribution in [0.15, 0.2) is 30.3 Å². The number of ether oxygens (including phenoxy) is 2. The Labute approximate surface area is 156 Å². The summed E-state index contributed by atoms with van der Waals surface area (Å²) in [6.07, 6.45) is 0. The first-order valence-electron chi connectivity index (χ1n) is 8.70. The van der Waals surface area contributed by atoms with Gasteiger partial charge in [-0.1, -0.05) is 38.1 Å². The van der Waals surface area contributed by atoms with Crippen molar-refractivity contribution >= 4 is 39.5 Å². The first-order valence-corrected chi connectivity index (χ1v) is 8.70. The van der Waals surface area contributed by atoms with Crippen molar-refractivity contribution in [3.8, 4) is 11.5 Å². The van der Waals surface area contributed by atoms with E-state index in [4.69, 9.17) is 9.47 Å². The molecule has 0 aliphatic heterocycles. The van der Waals surface area contributed by atoms with E-state index < -0.39 is 11.9 Å². The lowest BCUT2D eigenvalue weighted by molar-refractivity contribution is -0.134. The fourth-order valence-corrected chi connectivity index (χ4v) is 3.36. The number of esters is 2. The van der Waals surface area contributed by atoms with Gasteiger partial charge in [-0.3, -0.25) is 19.0 Å². The summed E-state index contributed by atoms with van der Waals surface area (Å²) in [6.45, 7) is 8.02. The molecule has 6 heteroatoms. The summed E-state index contributed by atoms with van der Waals surface area (Å²) in [4.78, 5) is 35.9. The maximum Gasteiger partial charge on any atom is 0.308 e. The lowest BCUT2D eigenvalue weighted by atomic mass is 10.0. The van der Waals surface area contributed by atoms with E-state index in [-0.39, 0.29) is 23.3 Å². The summed E-state index contributed by atoms with van der Waals surface area (Å²) in [7, 11) is 0. The van der Waals surface area contributed by atoms with Crippen molar-refractivity contribution in [3.63, 3.8) is 0 Å². The number of hydrogen-bond donors (Lipinski definition) is 0. The number of hydrogen-bond acceptors (Lipinski definition) is 5. The zero-order chi connectivity index (χ0) is 19.9. The highest BCUT2D eigenvalue weighted by molar-refractivity contribution is 6.16. The Morgan fingerprint density at radius 2 is 1.37 bits per heavy atom. The van der Waals surface area contributed by atoms with Crippen LogP contribution in [-0.2, 0) is 9.59 Å². The van der Waals surface area contributed by atoms with Gasteiger partial charge < -0.3 is 9.47 Å². The Bertz CT molecular complexity index is 1090. The Hall–Kier alpha value is -3.15. The molecule has 6 nitrogen and oxygen atoms in total. The number of aromatic nitrogens is 1. The molecule has 0 unspecified atom stereocenters. The number of rotatable bonds is 3. The molecule has 0 aliphatic rings. The quantitative estimate of drug-likeness (QED) is 0.506. The molecule has 3 aromatic rings. The summed E-state index contributed by atoms with van der Waals surface area (Å²) < 4.78 is 12.5. The van der Waals surface area contributed by atoms with Crippen molar-refractivity contribution in [3.05, 3.63) is 36.0 Å². The molecule has 0 radical (unpaired) electrons. The van der Waals surface area contributed by atoms with Crippen LogP contribution in [0.1, 0.15) is 51.0 Å². The summed E-state index contributed by atoms with van der Waals surface area (Å²) in [5, 5.41) is 1.88. The maximum absolute atomic E-state index is 12.5. The van der Waals surface area contributed by atoms with E-state index >= 15 is 0 Å². The standard InChI is InChI=1S/C21H21NO5/c1-11(2)18-10-17-19(22(18)12(3)23)15-8-6-7-9-16(15)20(26-13(4)24)21(17)27-14(5)25/h6-11H,1-5H3. The van der Waals surface area contributed by atoms with E-state index in [1.807, 2.05) is 32.0 Å². The lowest BCUT2D eigenvalue weighted by Crippen LogP contribution is -2.11. The van der Waals surface area contributed by atoms with Gasteiger partial charge in [-0.15, -0.1) is 0 Å². The Balaban J connectivity index is 2.60. The molecular weight excluding hydrogens is 346 g/mol. The smallest absolute Gasteiger partial charge is 0.308 e. The van der Waals surface area contributed by atoms with Gasteiger partial charge in [0.1, 0.15) is 0 Å². The molecule has 27 heavy (non-hydrogen) atoms. The third-order valence-corrected chi connectivity index (χ3v) is 4.30. The third-order valence-electron chi connectivity index (χ3n) is 4.30. The highest BCUT2D eigenvalue weighted by Crippen LogP contribution is 2.46. The van der Waals surface area contributed by atoms with Crippen LogP contribution in [0.5, 0.6) is 11.5 Å². The fraction of sp³-hybridized carbons (Fsp3) is 0.286. The molecule has 0 saturated heterocycles. The van der Waals surface area contributed by atoms with Crippen molar-refractivity contribution < 1.29 is 23.9 Å². The van der Waals surface area contributed by atoms with Crippen LogP contribution >= 0.6 is 0 Å². The van der Waals surface area contributed by atoms with Gasteiger partial charge in [0, 0.05) is 42.6 Å². The van der Waals surface area contributed by atoms with E-state index in [0.717, 1.165) is 11.1 Å². The molecule has 2 aromatic carbocycles. The van der Waals surface area contributed by atoms with E-state index in [1.165, 1.54) is 20.8 Å². The van der Waals surface area contributed by atoms with Gasteiger partial charge >= 0.3 is 11.9 Å². The molecule has 0 atom stereocenters. The first kappa shape index (κ1) is 18.6. The largest absolute Gasteiger partial charge is 0.422 e. The molecule has 0 spiro atoms. The molecule has 0 saturated carbocycles. The summed E-state index contributed by atoms with van der Waals surface area (Å²) in [6, 6.07) is 9.08. The zero-order valence-electron chi connectivity index (χ0n) is 16.0. The second-order valence-corrected chi connectivity index (χ2v) is 6.73. The zero-order valence-corrected chi connectivity index (χ0v) is 16.0. The normalized spacial score (nSPS) is 11.2. The van der Waals surface area contributed by atoms with Gasteiger partial charge in [0.2, 0.25) is 5.91 Å². The minimum Gasteiger partial charge on any atom is -0.422 e. The van der Waals surface area contributed by atoms with Crippen LogP contribution in [0, 0.1) is 0 Å². The predicted octanol–water partition coefficient (Wildman–Crippen LogP) is 4.43. The van der Waals surface area contributed by atoms with Gasteiger partial charge in [-0.2, -0.15) is 0 Å². The van der Waals surface area contributed by atoms with Crippen LogP contribution in [0.25, 0.3) is 21.7 Å². The molecule has 0 N–H and O–H groups in total. The minimum atomic E-state index is -0.540. The van der Waals surface area contributed by atoms with Crippen molar-refractivity contribution in [2.24, 2.45) is 0 Å². The van der Waals surface area contributed by atoms with Gasteiger partial charge in [0.25, 0.3) is 0 Å². The van der Waals surface area contributed by atoms with Crippen LogP contribution < -0.4 is 9.47 Å². The van der Waals surface area contributed by atoms with Gasteiger partial charge in [0.05, 0.1) is 5.52 Å². The van der Waals surface area contributed by atoms with Gasteiger partial charge in [-0.25, -0.2) is 0 Å². The third kappa shape index (κ3) is 3.18. The molecule has 0 amide bonds. The number of carbonyl (C=O) groups excluding carboxylic acids is 3. The summed E-state index contributed by atoms with van der Waals surface area (Å²) >= 11 is 0. The van der Waals surface area contributed by atoms with Crippen LogP contribution in [0.4, 0.5) is 0 Å². The first-order chi connectivity index (χ1) is 12.7. The lowest BCUT2D eigenvalue weighted by Gasteiger charge is -2.15. The number of nitrogens with zero attached hydrogens (tertiary/aromatic N) is 1. The number of carbonyl (C=O) groups is 3. The SMILES string of the molecule is CC(=O)Oc1c(OC(C)=O)c2cc(C(C)C)n(C(C)=O)c2c2ccccc12. The van der Waals surface area contributed by atoms with Crippen molar-refractivity contribution in [2.75, 3.05) is 0 Å². The van der Waals surface area contributed by atoms with Crippen molar-refractivity contribution in [2.45, 2.75) is 40.5 Å². The predicted molar refractivity (Wildman–Crippen MR) is 102 cm³/mol. The summed E-state index contributed by atoms with van der Waals surface area (Å²) in [5.74, 6) is -0.829. The van der Waals surface area contributed by atoms with E-state index in [1.54, 1.807) is 16.7 Å². The monoisotopic (exact) mass is 367 g/mol. The van der Waals surface area contributed by atoms with Crippen LogP contribution in [0.2, 0.25) is 0 Å². The molecule has 0 fully saturated rings. The average Bonchev–Trinajstić information content (AvgIpc) is 2.98. The van der Waals surface area contributed by atoms with E-state index in [9.17, 15) is 14.4 Å². The summed E-state index contributed by atoms with van der Waals surface area (Å²) in [5.41, 5.74) is 1.42. The average molecular weight is 367 g/mol. The maximum atomic E-state index is 12.5. The fourth-order valence-electron chi connectivity index (χ4n) is 3.36. The van der Waals surface area contributed by atoms with Crippen molar-refractivity contribution in [1.82, 2.24) is 4.57 Å². The van der Waals surface area contributed by atoms with Gasteiger partial charge in [-0.05, 0) is 12.0 Å². The molecule has 0 bridgehead atoms. The Morgan fingerprint density at radius 3 is 1.85 bits per heavy atom. The highest BCUT2D eigenvalue weighted by atomic mass is 16.6. The second-order valence-electron chi connectivity index (χ2n) is 6.73. The van der Waals surface area contributed by atoms with E-state index in [0.29, 0.717) is 16.3 Å². The molecule has 3 rings (SSSR count). The topological polar surface area (TPSA) is 74.6 Å². The second kappa shape index (κ2) is 6.87. The van der Waals surface area contributed by atoms with Crippen LogP contribution in [-0.4, -0.2) is 22.4 Å². The minimum absolute atomic E-state index is 0.0578. The molecule has 140 valence electrons. The molecule has 1 heterocycles. The Kier molecular flexibility index (Phi) is 4.74. The number of fused-ring (bicyclic) bond motifs is 3. The highest BCUT2D eigenvalue weighted by Gasteiger charge is 2.25. The Morgan fingerprint density at radius 1 is 0.852 bits per heavy atom. The number of benzene rings is 2. The van der Waals surface area contributed by atoms with Crippen molar-refractivity contribution in [1.29, 1.82) is 0 Å². The van der Waals surface area contributed by atoms with Crippen LogP contribution in [0.3, 0.4) is 0 Å². The molecular formula is C21H21NO5. The van der Waals surface area contributed by atoms with E-state index in [2.05, 4.69) is 0 Å². The molecule has 1 aromatic heterocycles. The molecule has 0 aliphatic carbocycles.